The molecule has 0 radical (unpaired) electrons. The van der Waals surface area contributed by atoms with Crippen molar-refractivity contribution in [2.24, 2.45) is 11.8 Å². The number of likely N-dealkylation sites (tertiary alicyclic amines) is 1. The normalized spacial score (nSPS) is 26.4. The third kappa shape index (κ3) is 6.06. The summed E-state index contributed by atoms with van der Waals surface area (Å²) in [6.45, 7) is 11.0. The number of unbranched alkanes of at least 4 members (excludes halogenated alkanes) is 1. The number of nitrogens with zero attached hydrogens (tertiary/aromatic N) is 3. The molecule has 0 aliphatic carbocycles. The third-order valence-corrected chi connectivity index (χ3v) is 12.4. The van der Waals surface area contributed by atoms with Crippen LogP contribution in [-0.4, -0.2) is 81.4 Å². The van der Waals surface area contributed by atoms with E-state index in [2.05, 4.69) is 29.1 Å². The van der Waals surface area contributed by atoms with E-state index in [0.717, 1.165) is 0 Å². The Morgan fingerprint density at radius 2 is 1.80 bits per heavy atom. The Balaban J connectivity index is 1.56. The number of ether oxygens (including phenoxy) is 1. The highest BCUT2D eigenvalue weighted by atomic mass is 79.9. The van der Waals surface area contributed by atoms with Gasteiger partial charge in [-0.3, -0.25) is 14.4 Å². The van der Waals surface area contributed by atoms with Crippen molar-refractivity contribution in [3.8, 4) is 5.75 Å². The highest BCUT2D eigenvalue weighted by Gasteiger charge is 2.76. The van der Waals surface area contributed by atoms with Crippen molar-refractivity contribution in [3.63, 3.8) is 0 Å². The molecule has 5 rings (SSSR count). The maximum atomic E-state index is 14.8. The molecule has 6 atom stereocenters. The van der Waals surface area contributed by atoms with Crippen LogP contribution in [0.3, 0.4) is 0 Å². The lowest BCUT2D eigenvalue weighted by Gasteiger charge is -2.38. The van der Waals surface area contributed by atoms with Crippen LogP contribution >= 0.6 is 39.3 Å². The molecule has 45 heavy (non-hydrogen) atoms. The van der Waals surface area contributed by atoms with Gasteiger partial charge in [-0.1, -0.05) is 51.8 Å². The summed E-state index contributed by atoms with van der Waals surface area (Å²) < 4.78 is 4.77. The number of alkyl halides is 1. The van der Waals surface area contributed by atoms with E-state index in [1.165, 1.54) is 0 Å². The maximum Gasteiger partial charge on any atom is 0.251 e. The van der Waals surface area contributed by atoms with Gasteiger partial charge in [0.15, 0.2) is 0 Å². The molecule has 3 aliphatic rings. The second-order valence-electron chi connectivity index (χ2n) is 11.5. The van der Waals surface area contributed by atoms with Crippen molar-refractivity contribution in [3.05, 3.63) is 78.9 Å². The van der Waals surface area contributed by atoms with Gasteiger partial charge in [-0.05, 0) is 62.6 Å². The number of hydrogen-bond donors (Lipinski definition) is 1. The fourth-order valence-electron chi connectivity index (χ4n) is 7.10. The van der Waals surface area contributed by atoms with Crippen LogP contribution < -0.4 is 14.5 Å². The molecular formula is C34H39BrClN3O5S. The molecule has 240 valence electrons. The number of anilines is 2. The van der Waals surface area contributed by atoms with Crippen LogP contribution in [0.5, 0.6) is 5.75 Å². The summed E-state index contributed by atoms with van der Waals surface area (Å²) in [5.41, 5.74) is 1.23. The van der Waals surface area contributed by atoms with Crippen LogP contribution in [0.15, 0.2) is 73.8 Å². The van der Waals surface area contributed by atoms with Gasteiger partial charge in [-0.25, -0.2) is 0 Å². The summed E-state index contributed by atoms with van der Waals surface area (Å²) in [5.74, 6) is -1.25. The molecule has 8 nitrogen and oxygen atoms in total. The van der Waals surface area contributed by atoms with Crippen molar-refractivity contribution < 1.29 is 24.2 Å². The first kappa shape index (κ1) is 33.6. The van der Waals surface area contributed by atoms with Gasteiger partial charge in [0.25, 0.3) is 5.91 Å². The minimum Gasteiger partial charge on any atom is -0.494 e. The molecule has 3 saturated heterocycles. The van der Waals surface area contributed by atoms with Crippen LogP contribution in [0.2, 0.25) is 5.02 Å². The van der Waals surface area contributed by atoms with Crippen LogP contribution in [-0.2, 0) is 14.4 Å². The number of thioether (sulfide) groups is 1. The molecule has 0 saturated carbocycles. The largest absolute Gasteiger partial charge is 0.494 e. The number of carbonyl (C=O) groups is 3. The first-order valence-electron chi connectivity index (χ1n) is 15.3. The van der Waals surface area contributed by atoms with E-state index in [-0.39, 0.29) is 47.5 Å². The lowest BCUT2D eigenvalue weighted by atomic mass is 9.70. The van der Waals surface area contributed by atoms with E-state index < -0.39 is 22.6 Å². The summed E-state index contributed by atoms with van der Waals surface area (Å²) in [6, 6.07) is 13.7. The van der Waals surface area contributed by atoms with Crippen molar-refractivity contribution in [2.75, 3.05) is 42.6 Å². The summed E-state index contributed by atoms with van der Waals surface area (Å²) in [7, 11) is 0. The van der Waals surface area contributed by atoms with Crippen molar-refractivity contribution >= 4 is 68.4 Å². The van der Waals surface area contributed by atoms with Crippen molar-refractivity contribution in [1.29, 1.82) is 0 Å². The summed E-state index contributed by atoms with van der Waals surface area (Å²) in [6.07, 6.45) is 4.90. The van der Waals surface area contributed by atoms with Crippen LogP contribution in [0, 0.1) is 11.8 Å². The molecule has 11 heteroatoms. The Hall–Kier alpha value is -2.79. The molecule has 0 aromatic heterocycles. The van der Waals surface area contributed by atoms with Gasteiger partial charge in [-0.2, -0.15) is 0 Å². The quantitative estimate of drug-likeness (QED) is 0.153. The minimum absolute atomic E-state index is 0.0164. The summed E-state index contributed by atoms with van der Waals surface area (Å²) >= 11 is 12.0. The van der Waals surface area contributed by atoms with Gasteiger partial charge in [0.1, 0.15) is 11.8 Å². The predicted molar refractivity (Wildman–Crippen MR) is 184 cm³/mol. The van der Waals surface area contributed by atoms with E-state index in [1.54, 1.807) is 56.8 Å². The van der Waals surface area contributed by atoms with Gasteiger partial charge < -0.3 is 24.5 Å². The number of carbonyl (C=O) groups excluding carboxylic acids is 3. The number of rotatable bonds is 14. The number of aliphatic hydroxyl groups excluding tert-OH is 1. The van der Waals surface area contributed by atoms with E-state index >= 15 is 0 Å². The number of amides is 3. The number of hydrogen-bond acceptors (Lipinski definition) is 6. The number of halogens is 2. The maximum absolute atomic E-state index is 14.8. The molecule has 3 fully saturated rings. The monoisotopic (exact) mass is 715 g/mol. The highest BCUT2D eigenvalue weighted by Crippen LogP contribution is 2.68. The Morgan fingerprint density at radius 1 is 1.11 bits per heavy atom. The lowest BCUT2D eigenvalue weighted by molar-refractivity contribution is -0.139. The fourth-order valence-corrected chi connectivity index (χ4v) is 10.9. The van der Waals surface area contributed by atoms with E-state index in [9.17, 15) is 19.5 Å². The Morgan fingerprint density at radius 3 is 2.44 bits per heavy atom. The standard InChI is InChI=1S/C34H39BrClN3O5S/c1-4-17-37(22-13-15-23(16-14-22)44-6-3)31(41)27-28-32(42)39(19-9-10-20-40)30(34(28)21-24(35)29(27)45-34)33(43)38(18-5-2)26-12-8-7-11-25(26)36/h4-5,7-8,11-16,24,27-30,40H,1-2,6,9-10,17-21H2,3H3/t24?,27-,28-,29-,30?,34?/m0/s1. The molecule has 1 N–H and O–H groups in total. The zero-order chi connectivity index (χ0) is 32.3. The third-order valence-electron chi connectivity index (χ3n) is 8.87. The molecule has 2 aromatic rings. The summed E-state index contributed by atoms with van der Waals surface area (Å²) in [4.78, 5) is 48.7. The smallest absolute Gasteiger partial charge is 0.251 e. The molecule has 1 spiro atoms. The molecule has 3 heterocycles. The molecule has 3 aliphatic heterocycles. The van der Waals surface area contributed by atoms with E-state index in [4.69, 9.17) is 16.3 Å². The van der Waals surface area contributed by atoms with Gasteiger partial charge in [0, 0.05) is 42.0 Å². The lowest BCUT2D eigenvalue weighted by Crippen LogP contribution is -2.56. The van der Waals surface area contributed by atoms with Gasteiger partial charge in [0.2, 0.25) is 11.8 Å². The molecule has 2 bridgehead atoms. The number of benzene rings is 2. The molecule has 2 aromatic carbocycles. The molecule has 3 unspecified atom stereocenters. The van der Waals surface area contributed by atoms with Crippen LogP contribution in [0.1, 0.15) is 26.2 Å². The van der Waals surface area contributed by atoms with E-state index in [1.807, 2.05) is 37.3 Å². The second kappa shape index (κ2) is 14.3. The van der Waals surface area contributed by atoms with E-state index in [0.29, 0.717) is 54.6 Å². The topological polar surface area (TPSA) is 90.4 Å². The summed E-state index contributed by atoms with van der Waals surface area (Å²) in [5, 5.41) is 9.73. The number of aliphatic hydroxyl groups is 1. The van der Waals surface area contributed by atoms with Crippen LogP contribution in [0.25, 0.3) is 0 Å². The minimum atomic E-state index is -0.827. The SMILES string of the molecule is C=CCN(C(=O)[C@H]1[C@H]2C(=O)N(CCCCO)C(C(=O)N(CC=C)c3ccccc3Cl)C23CC(Br)[C@@H]1S3)c1ccc(OCC)cc1. The van der Waals surface area contributed by atoms with Gasteiger partial charge in [-0.15, -0.1) is 24.9 Å². The highest BCUT2D eigenvalue weighted by molar-refractivity contribution is 9.09. The first-order valence-corrected chi connectivity index (χ1v) is 17.5. The van der Waals surface area contributed by atoms with Crippen molar-refractivity contribution in [1.82, 2.24) is 4.90 Å². The Labute approximate surface area is 282 Å². The molecule has 3 amide bonds. The number of para-hydroxylation sites is 1. The zero-order valence-corrected chi connectivity index (χ0v) is 28.5. The average Bonchev–Trinajstić information content (AvgIpc) is 3.62. The Kier molecular flexibility index (Phi) is 10.7. The number of fused-ring (bicyclic) bond motifs is 1. The van der Waals surface area contributed by atoms with Gasteiger partial charge >= 0.3 is 0 Å². The average molecular weight is 717 g/mol. The molecular weight excluding hydrogens is 678 g/mol. The predicted octanol–water partition coefficient (Wildman–Crippen LogP) is 5.71. The Bertz CT molecular complexity index is 1440. The van der Waals surface area contributed by atoms with Crippen molar-refractivity contribution in [2.45, 2.75) is 47.1 Å². The zero-order valence-electron chi connectivity index (χ0n) is 25.3. The second-order valence-corrected chi connectivity index (χ2v) is 14.6. The van der Waals surface area contributed by atoms with Gasteiger partial charge in [0.05, 0.1) is 33.9 Å². The van der Waals surface area contributed by atoms with Crippen LogP contribution in [0.4, 0.5) is 11.4 Å². The fraction of sp³-hybridized carbons (Fsp3) is 0.441. The first-order chi connectivity index (χ1) is 21.7.